The lowest BCUT2D eigenvalue weighted by Gasteiger charge is -2.34. The Hall–Kier alpha value is -1.62. The molecule has 0 aliphatic heterocycles. The number of likely N-dealkylation sites (N-methyl/N-ethyl adjacent to an activating group) is 1. The molecular weight excluding hydrogens is 273 g/mol. The van der Waals surface area contributed by atoms with Crippen molar-refractivity contribution in [1.29, 1.82) is 0 Å². The summed E-state index contributed by atoms with van der Waals surface area (Å²) in [7, 11) is 0. The number of carbonyl (C=O) groups is 2. The van der Waals surface area contributed by atoms with Crippen LogP contribution >= 0.6 is 11.6 Å². The highest BCUT2D eigenvalue weighted by Crippen LogP contribution is 2.24. The van der Waals surface area contributed by atoms with Gasteiger partial charge in [0, 0.05) is 6.54 Å². The van der Waals surface area contributed by atoms with E-state index in [0.717, 1.165) is 11.0 Å². The number of carbonyl (C=O) groups excluding carboxylic acids is 1. The highest BCUT2D eigenvalue weighted by Gasteiger charge is 2.37. The van der Waals surface area contributed by atoms with Gasteiger partial charge < -0.3 is 10.0 Å². The van der Waals surface area contributed by atoms with Crippen LogP contribution in [0.5, 0.6) is 0 Å². The molecule has 0 aliphatic rings. The van der Waals surface area contributed by atoms with Crippen molar-refractivity contribution in [3.05, 3.63) is 34.6 Å². The Balaban J connectivity index is 3.24. The minimum Gasteiger partial charge on any atom is -0.480 e. The molecule has 0 unspecified atom stereocenters. The molecule has 0 saturated carbocycles. The van der Waals surface area contributed by atoms with E-state index in [2.05, 4.69) is 0 Å². The van der Waals surface area contributed by atoms with Crippen molar-refractivity contribution in [1.82, 2.24) is 4.90 Å². The minimum atomic E-state index is -1.40. The number of halogens is 2. The zero-order valence-corrected chi connectivity index (χ0v) is 11.7. The summed E-state index contributed by atoms with van der Waals surface area (Å²) in [4.78, 5) is 24.7. The second-order valence-corrected chi connectivity index (χ2v) is 4.89. The number of nitrogens with zero attached hydrogens (tertiary/aromatic N) is 1. The molecule has 0 atom stereocenters. The summed E-state index contributed by atoms with van der Waals surface area (Å²) >= 11 is 5.75. The molecule has 0 fully saturated rings. The van der Waals surface area contributed by atoms with Crippen molar-refractivity contribution in [2.75, 3.05) is 6.54 Å². The second kappa shape index (κ2) is 5.57. The monoisotopic (exact) mass is 287 g/mol. The molecular formula is C13H15ClFNO3. The molecule has 104 valence electrons. The summed E-state index contributed by atoms with van der Waals surface area (Å²) in [6, 6.07) is 3.86. The predicted octanol–water partition coefficient (Wildman–Crippen LogP) is 2.80. The number of hydrogen-bond acceptors (Lipinski definition) is 2. The van der Waals surface area contributed by atoms with Crippen molar-refractivity contribution >= 4 is 23.5 Å². The molecule has 0 heterocycles. The molecule has 19 heavy (non-hydrogen) atoms. The average molecular weight is 288 g/mol. The molecule has 0 aliphatic carbocycles. The van der Waals surface area contributed by atoms with Gasteiger partial charge in [-0.1, -0.05) is 17.7 Å². The molecule has 0 saturated heterocycles. The maximum absolute atomic E-state index is 13.3. The van der Waals surface area contributed by atoms with Crippen molar-refractivity contribution in [2.45, 2.75) is 26.3 Å². The van der Waals surface area contributed by atoms with E-state index in [-0.39, 0.29) is 17.1 Å². The van der Waals surface area contributed by atoms with Gasteiger partial charge in [0.25, 0.3) is 5.91 Å². The number of benzene rings is 1. The first-order valence-electron chi connectivity index (χ1n) is 5.72. The van der Waals surface area contributed by atoms with Crippen molar-refractivity contribution in [3.8, 4) is 0 Å². The molecule has 6 heteroatoms. The third-order valence-electron chi connectivity index (χ3n) is 2.94. The van der Waals surface area contributed by atoms with Crippen molar-refractivity contribution < 1.29 is 19.1 Å². The number of carboxylic acids is 1. The van der Waals surface area contributed by atoms with Gasteiger partial charge in [0.15, 0.2) is 0 Å². The first-order chi connectivity index (χ1) is 8.73. The Kier molecular flexibility index (Phi) is 4.52. The van der Waals surface area contributed by atoms with Crippen LogP contribution in [0, 0.1) is 5.82 Å². The van der Waals surface area contributed by atoms with Gasteiger partial charge in [-0.05, 0) is 32.9 Å². The smallest absolute Gasteiger partial charge is 0.329 e. The Morgan fingerprint density at radius 3 is 2.47 bits per heavy atom. The van der Waals surface area contributed by atoms with Crippen LogP contribution in [0.3, 0.4) is 0 Å². The fourth-order valence-electron chi connectivity index (χ4n) is 1.72. The van der Waals surface area contributed by atoms with Crippen LogP contribution in [0.2, 0.25) is 5.02 Å². The zero-order chi connectivity index (χ0) is 14.8. The fourth-order valence-corrected chi connectivity index (χ4v) is 1.93. The van der Waals surface area contributed by atoms with Crippen LogP contribution in [-0.4, -0.2) is 34.0 Å². The molecule has 1 rings (SSSR count). The summed E-state index contributed by atoms with van der Waals surface area (Å²) in [5.41, 5.74) is -1.44. The Labute approximate surface area is 115 Å². The molecule has 1 N–H and O–H groups in total. The summed E-state index contributed by atoms with van der Waals surface area (Å²) < 4.78 is 13.3. The lowest BCUT2D eigenvalue weighted by Crippen LogP contribution is -2.53. The van der Waals surface area contributed by atoms with E-state index in [0.29, 0.717) is 0 Å². The maximum Gasteiger partial charge on any atom is 0.329 e. The van der Waals surface area contributed by atoms with Gasteiger partial charge >= 0.3 is 5.97 Å². The largest absolute Gasteiger partial charge is 0.480 e. The van der Waals surface area contributed by atoms with Crippen LogP contribution in [0.4, 0.5) is 4.39 Å². The third kappa shape index (κ3) is 2.87. The Morgan fingerprint density at radius 1 is 1.42 bits per heavy atom. The minimum absolute atomic E-state index is 0.0437. The van der Waals surface area contributed by atoms with E-state index in [1.54, 1.807) is 6.92 Å². The van der Waals surface area contributed by atoms with Crippen LogP contribution in [0.25, 0.3) is 0 Å². The molecule has 1 aromatic carbocycles. The van der Waals surface area contributed by atoms with Crippen LogP contribution < -0.4 is 0 Å². The molecule has 0 radical (unpaired) electrons. The summed E-state index contributed by atoms with van der Waals surface area (Å²) in [5.74, 6) is -2.47. The van der Waals surface area contributed by atoms with E-state index in [1.165, 1.54) is 26.0 Å². The van der Waals surface area contributed by atoms with Gasteiger partial charge in [0.05, 0.1) is 10.6 Å². The average Bonchev–Trinajstić information content (AvgIpc) is 2.32. The van der Waals surface area contributed by atoms with Gasteiger partial charge in [0.2, 0.25) is 0 Å². The number of hydrogen-bond donors (Lipinski definition) is 1. The van der Waals surface area contributed by atoms with E-state index in [4.69, 9.17) is 16.7 Å². The normalized spacial score (nSPS) is 11.2. The van der Waals surface area contributed by atoms with Crippen LogP contribution in [0.1, 0.15) is 31.1 Å². The first-order valence-corrected chi connectivity index (χ1v) is 6.10. The molecule has 1 aromatic rings. The number of amides is 1. The van der Waals surface area contributed by atoms with E-state index < -0.39 is 23.2 Å². The molecule has 4 nitrogen and oxygen atoms in total. The van der Waals surface area contributed by atoms with Gasteiger partial charge in [-0.3, -0.25) is 4.79 Å². The second-order valence-electron chi connectivity index (χ2n) is 4.51. The van der Waals surface area contributed by atoms with E-state index in [1.807, 2.05) is 0 Å². The topological polar surface area (TPSA) is 57.6 Å². The number of carboxylic acid groups (broad SMARTS) is 1. The third-order valence-corrected chi connectivity index (χ3v) is 3.33. The molecule has 0 aromatic heterocycles. The van der Waals surface area contributed by atoms with E-state index >= 15 is 0 Å². The van der Waals surface area contributed by atoms with Crippen molar-refractivity contribution in [3.63, 3.8) is 0 Å². The number of rotatable bonds is 4. The van der Waals surface area contributed by atoms with Gasteiger partial charge in [-0.25, -0.2) is 9.18 Å². The van der Waals surface area contributed by atoms with Gasteiger partial charge in [-0.15, -0.1) is 0 Å². The van der Waals surface area contributed by atoms with Crippen LogP contribution in [0.15, 0.2) is 18.2 Å². The van der Waals surface area contributed by atoms with E-state index in [9.17, 15) is 14.0 Å². The SMILES string of the molecule is CCN(C(=O)c1cccc(F)c1Cl)C(C)(C)C(=O)O. The Bertz CT molecular complexity index is 517. The number of aliphatic carboxylic acids is 1. The zero-order valence-electron chi connectivity index (χ0n) is 10.9. The Morgan fingerprint density at radius 2 is 2.00 bits per heavy atom. The quantitative estimate of drug-likeness (QED) is 0.926. The van der Waals surface area contributed by atoms with Crippen LogP contribution in [-0.2, 0) is 4.79 Å². The first kappa shape index (κ1) is 15.4. The highest BCUT2D eigenvalue weighted by atomic mass is 35.5. The van der Waals surface area contributed by atoms with Gasteiger partial charge in [0.1, 0.15) is 11.4 Å². The standard InChI is InChI=1S/C13H15ClFNO3/c1-4-16(13(2,3)12(18)19)11(17)8-6-5-7-9(15)10(8)14/h5-7H,4H2,1-3H3,(H,18,19). The lowest BCUT2D eigenvalue weighted by molar-refractivity contribution is -0.147. The van der Waals surface area contributed by atoms with Crippen molar-refractivity contribution in [2.24, 2.45) is 0 Å². The molecule has 1 amide bonds. The molecule has 0 spiro atoms. The summed E-state index contributed by atoms with van der Waals surface area (Å²) in [5, 5.41) is 8.86. The summed E-state index contributed by atoms with van der Waals surface area (Å²) in [6.45, 7) is 4.63. The van der Waals surface area contributed by atoms with Gasteiger partial charge in [-0.2, -0.15) is 0 Å². The maximum atomic E-state index is 13.3. The predicted molar refractivity (Wildman–Crippen MR) is 69.8 cm³/mol. The molecule has 0 bridgehead atoms. The lowest BCUT2D eigenvalue weighted by atomic mass is 10.0. The highest BCUT2D eigenvalue weighted by molar-refractivity contribution is 6.34. The summed E-state index contributed by atoms with van der Waals surface area (Å²) in [6.07, 6.45) is 0. The fraction of sp³-hybridized carbons (Fsp3) is 0.385.